The average molecular weight is 408 g/mol. The first-order valence-corrected chi connectivity index (χ1v) is 8.84. The first kappa shape index (κ1) is 18.5. The zero-order chi connectivity index (χ0) is 20.5. The van der Waals surface area contributed by atoms with Gasteiger partial charge in [0.05, 0.1) is 11.7 Å². The molecule has 1 aliphatic heterocycles. The minimum atomic E-state index is -1.30. The number of nitrogens with zero attached hydrogens (tertiary/aromatic N) is 1. The summed E-state index contributed by atoms with van der Waals surface area (Å²) >= 11 is 5.94. The number of aromatic carboxylic acids is 1. The molecule has 1 N–H and O–H groups in total. The monoisotopic (exact) mass is 407 g/mol. The summed E-state index contributed by atoms with van der Waals surface area (Å²) in [6, 6.07) is 15.8. The third-order valence-corrected chi connectivity index (χ3v) is 4.49. The van der Waals surface area contributed by atoms with E-state index in [9.17, 15) is 19.5 Å². The van der Waals surface area contributed by atoms with Crippen LogP contribution in [-0.2, 0) is 9.59 Å². The molecular formula is C21H12ClN2O5-. The molecule has 0 unspecified atom stereocenters. The van der Waals surface area contributed by atoms with Crippen LogP contribution in [0.25, 0.3) is 17.4 Å². The molecule has 2 amide bonds. The largest absolute Gasteiger partial charge is 0.545 e. The maximum atomic E-state index is 12.6. The second kappa shape index (κ2) is 7.29. The topological polar surface area (TPSA) is 103 Å². The number of rotatable bonds is 4. The van der Waals surface area contributed by atoms with E-state index in [-0.39, 0.29) is 16.9 Å². The lowest BCUT2D eigenvalue weighted by Gasteiger charge is -2.14. The van der Waals surface area contributed by atoms with Crippen LogP contribution in [0.15, 0.2) is 70.7 Å². The molecule has 7 nitrogen and oxygen atoms in total. The van der Waals surface area contributed by atoms with E-state index < -0.39 is 17.8 Å². The molecule has 1 aromatic heterocycles. The summed E-state index contributed by atoms with van der Waals surface area (Å²) in [5.74, 6) is -1.76. The van der Waals surface area contributed by atoms with Crippen LogP contribution >= 0.6 is 11.6 Å². The first-order valence-electron chi connectivity index (χ1n) is 8.47. The van der Waals surface area contributed by atoms with E-state index >= 15 is 0 Å². The molecule has 8 heteroatoms. The fourth-order valence-electron chi connectivity index (χ4n) is 2.88. The van der Waals surface area contributed by atoms with Crippen molar-refractivity contribution in [3.05, 3.63) is 82.6 Å². The predicted molar refractivity (Wildman–Crippen MR) is 104 cm³/mol. The van der Waals surface area contributed by atoms with Crippen molar-refractivity contribution in [3.8, 4) is 11.3 Å². The summed E-state index contributed by atoms with van der Waals surface area (Å²) in [5.41, 5.74) is 3.35. The number of halogens is 1. The quantitative estimate of drug-likeness (QED) is 0.528. The number of nitrogens with one attached hydrogen (secondary N) is 1. The number of carbonyl (C=O) groups is 3. The molecule has 29 heavy (non-hydrogen) atoms. The molecule has 144 valence electrons. The van der Waals surface area contributed by atoms with Crippen molar-refractivity contribution in [2.75, 3.05) is 5.01 Å². The van der Waals surface area contributed by atoms with Crippen molar-refractivity contribution in [3.63, 3.8) is 0 Å². The van der Waals surface area contributed by atoms with Crippen LogP contribution in [-0.4, -0.2) is 17.8 Å². The van der Waals surface area contributed by atoms with Crippen molar-refractivity contribution < 1.29 is 23.9 Å². The number of carboxylic acids is 1. The molecule has 4 rings (SSSR count). The zero-order valence-electron chi connectivity index (χ0n) is 14.7. The molecule has 1 saturated heterocycles. The number of anilines is 1. The highest BCUT2D eigenvalue weighted by Crippen LogP contribution is 2.27. The molecule has 0 radical (unpaired) electrons. The van der Waals surface area contributed by atoms with Gasteiger partial charge >= 0.3 is 0 Å². The number of hydrazine groups is 1. The fraction of sp³-hybridized carbons (Fsp3) is 0. The summed E-state index contributed by atoms with van der Waals surface area (Å²) in [6.07, 6.45) is 1.33. The SMILES string of the molecule is O=C1NN(c2cccc(Cl)c2)C(=O)/C1=C/c1ccc(-c2cccc(C(=O)[O-])c2)o1. The van der Waals surface area contributed by atoms with Gasteiger partial charge in [-0.05, 0) is 48.0 Å². The summed E-state index contributed by atoms with van der Waals surface area (Å²) in [6.45, 7) is 0. The Labute approximate surface area is 169 Å². The van der Waals surface area contributed by atoms with Crippen LogP contribution in [0, 0.1) is 0 Å². The Balaban J connectivity index is 1.62. The maximum absolute atomic E-state index is 12.6. The van der Waals surface area contributed by atoms with Crippen LogP contribution in [0.3, 0.4) is 0 Å². The van der Waals surface area contributed by atoms with Crippen LogP contribution < -0.4 is 15.5 Å². The highest BCUT2D eigenvalue weighted by atomic mass is 35.5. The molecule has 3 aromatic rings. The normalized spacial score (nSPS) is 15.1. The molecular weight excluding hydrogens is 396 g/mol. The second-order valence-electron chi connectivity index (χ2n) is 6.19. The van der Waals surface area contributed by atoms with Crippen molar-refractivity contribution in [2.24, 2.45) is 0 Å². The van der Waals surface area contributed by atoms with Gasteiger partial charge in [-0.3, -0.25) is 15.0 Å². The van der Waals surface area contributed by atoms with E-state index in [1.807, 2.05) is 0 Å². The molecule has 1 fully saturated rings. The fourth-order valence-corrected chi connectivity index (χ4v) is 3.07. The van der Waals surface area contributed by atoms with Crippen molar-refractivity contribution in [1.82, 2.24) is 5.43 Å². The Hall–Kier alpha value is -3.84. The smallest absolute Gasteiger partial charge is 0.282 e. The summed E-state index contributed by atoms with van der Waals surface area (Å²) in [4.78, 5) is 35.9. The van der Waals surface area contributed by atoms with Crippen LogP contribution in [0.5, 0.6) is 0 Å². The number of carboxylic acid groups (broad SMARTS) is 1. The Morgan fingerprint density at radius 1 is 1.07 bits per heavy atom. The Kier molecular flexibility index (Phi) is 4.66. The van der Waals surface area contributed by atoms with Gasteiger partial charge in [0.15, 0.2) is 0 Å². The number of hydrogen-bond donors (Lipinski definition) is 1. The lowest BCUT2D eigenvalue weighted by Crippen LogP contribution is -2.35. The number of amides is 2. The molecule has 0 saturated carbocycles. The number of furan rings is 1. The second-order valence-corrected chi connectivity index (χ2v) is 6.63. The summed E-state index contributed by atoms with van der Waals surface area (Å²) in [5, 5.41) is 12.5. The average Bonchev–Trinajstić information content (AvgIpc) is 3.28. The first-order chi connectivity index (χ1) is 13.9. The van der Waals surface area contributed by atoms with Gasteiger partial charge < -0.3 is 14.3 Å². The van der Waals surface area contributed by atoms with Gasteiger partial charge in [0.1, 0.15) is 17.1 Å². The molecule has 0 aliphatic carbocycles. The highest BCUT2D eigenvalue weighted by Gasteiger charge is 2.34. The van der Waals surface area contributed by atoms with Crippen LogP contribution in [0.4, 0.5) is 5.69 Å². The minimum absolute atomic E-state index is 0.0151. The van der Waals surface area contributed by atoms with Crippen molar-refractivity contribution in [1.29, 1.82) is 0 Å². The lowest BCUT2D eigenvalue weighted by molar-refractivity contribution is -0.255. The number of hydrogen-bond acceptors (Lipinski definition) is 5. The minimum Gasteiger partial charge on any atom is -0.545 e. The van der Waals surface area contributed by atoms with Gasteiger partial charge in [-0.2, -0.15) is 0 Å². The van der Waals surface area contributed by atoms with Crippen LogP contribution in [0.1, 0.15) is 16.1 Å². The van der Waals surface area contributed by atoms with E-state index in [4.69, 9.17) is 16.0 Å². The van der Waals surface area contributed by atoms with Gasteiger partial charge in [-0.15, -0.1) is 0 Å². The molecule has 1 aliphatic rings. The van der Waals surface area contributed by atoms with E-state index in [0.717, 1.165) is 5.01 Å². The maximum Gasteiger partial charge on any atom is 0.282 e. The summed E-state index contributed by atoms with van der Waals surface area (Å²) < 4.78 is 5.66. The number of benzene rings is 2. The summed E-state index contributed by atoms with van der Waals surface area (Å²) in [7, 11) is 0. The Morgan fingerprint density at radius 2 is 1.86 bits per heavy atom. The van der Waals surface area contributed by atoms with E-state index in [2.05, 4.69) is 5.43 Å². The lowest BCUT2D eigenvalue weighted by atomic mass is 10.1. The van der Waals surface area contributed by atoms with Crippen molar-refractivity contribution >= 4 is 41.1 Å². The van der Waals surface area contributed by atoms with Gasteiger partial charge in [-0.25, -0.2) is 5.01 Å². The standard InChI is InChI=1S/C21H13ClN2O5/c22-14-5-2-6-15(10-14)24-20(26)17(19(25)23-24)11-16-7-8-18(29-16)12-3-1-4-13(9-12)21(27)28/h1-11H,(H,23,25)(H,27,28)/p-1/b17-11+. The molecule has 2 aromatic carbocycles. The van der Waals surface area contributed by atoms with Crippen LogP contribution in [0.2, 0.25) is 5.02 Å². The number of carbonyl (C=O) groups excluding carboxylic acids is 3. The van der Waals surface area contributed by atoms with E-state index in [1.54, 1.807) is 48.5 Å². The Morgan fingerprint density at radius 3 is 2.62 bits per heavy atom. The Bertz CT molecular complexity index is 1180. The van der Waals surface area contributed by atoms with Gasteiger partial charge in [0.2, 0.25) is 0 Å². The molecule has 0 bridgehead atoms. The van der Waals surface area contributed by atoms with E-state index in [1.165, 1.54) is 18.2 Å². The molecule has 2 heterocycles. The highest BCUT2D eigenvalue weighted by molar-refractivity contribution is 6.33. The van der Waals surface area contributed by atoms with Gasteiger partial charge in [-0.1, -0.05) is 35.9 Å². The molecule has 0 spiro atoms. The van der Waals surface area contributed by atoms with Gasteiger partial charge in [0.25, 0.3) is 11.8 Å². The predicted octanol–water partition coefficient (Wildman–Crippen LogP) is 2.42. The van der Waals surface area contributed by atoms with Crippen molar-refractivity contribution in [2.45, 2.75) is 0 Å². The zero-order valence-corrected chi connectivity index (χ0v) is 15.5. The van der Waals surface area contributed by atoms with Gasteiger partial charge in [0, 0.05) is 10.6 Å². The third-order valence-electron chi connectivity index (χ3n) is 4.25. The molecule has 0 atom stereocenters. The van der Waals surface area contributed by atoms with E-state index in [0.29, 0.717) is 22.0 Å². The third kappa shape index (κ3) is 3.63.